The number of carbonyl (C=O) groups is 1. The van der Waals surface area contributed by atoms with Crippen LogP contribution in [0, 0.1) is 0 Å². The molecule has 0 atom stereocenters. The zero-order valence-corrected chi connectivity index (χ0v) is 13.3. The van der Waals surface area contributed by atoms with Crippen LogP contribution in [-0.2, 0) is 14.1 Å². The van der Waals surface area contributed by atoms with Crippen molar-refractivity contribution in [3.8, 4) is 0 Å². The molecule has 3 heterocycles. The van der Waals surface area contributed by atoms with Crippen LogP contribution in [-0.4, -0.2) is 34.5 Å². The number of hydrogen-bond acceptors (Lipinski definition) is 5. The molecular formula is C15H16N5O3+. The largest absolute Gasteiger partial charge is 0.333 e. The molecule has 3 aromatic heterocycles. The highest BCUT2D eigenvalue weighted by Crippen LogP contribution is 2.17. The van der Waals surface area contributed by atoms with E-state index in [9.17, 15) is 14.4 Å². The Balaban J connectivity index is 2.70. The quantitative estimate of drug-likeness (QED) is 0.353. The molecule has 0 saturated carbocycles. The van der Waals surface area contributed by atoms with Crippen LogP contribution >= 0.6 is 0 Å². The molecule has 0 fully saturated rings. The average Bonchev–Trinajstić information content (AvgIpc) is 2.55. The van der Waals surface area contributed by atoms with Gasteiger partial charge in [0.1, 0.15) is 6.29 Å². The Morgan fingerprint density at radius 3 is 2.52 bits per heavy atom. The summed E-state index contributed by atoms with van der Waals surface area (Å²) in [7, 11) is 6.61. The second-order valence-corrected chi connectivity index (χ2v) is 5.54. The molecule has 0 aromatic carbocycles. The monoisotopic (exact) mass is 314 g/mol. The fourth-order valence-corrected chi connectivity index (χ4v) is 2.67. The van der Waals surface area contributed by atoms with Crippen LogP contribution in [0.3, 0.4) is 0 Å². The minimum Gasteiger partial charge on any atom is -0.298 e. The first-order chi connectivity index (χ1) is 10.9. The van der Waals surface area contributed by atoms with Crippen molar-refractivity contribution in [1.29, 1.82) is 0 Å². The van der Waals surface area contributed by atoms with Gasteiger partial charge in [-0.1, -0.05) is 4.98 Å². The fraction of sp³-hybridized carbons (Fsp3) is 0.267. The molecule has 0 aliphatic carbocycles. The number of anilines is 1. The van der Waals surface area contributed by atoms with E-state index in [-0.39, 0.29) is 5.65 Å². The van der Waals surface area contributed by atoms with Gasteiger partial charge in [0.25, 0.3) is 11.2 Å². The standard InChI is InChI=1S/C15H16N5O3/c1-17(2)13-11-12(18(3)15(23)19(4)14(11)22)16-10-7-9(8-21)5-6-20(10)13/h5-8H,1-4H3/q+1. The van der Waals surface area contributed by atoms with Crippen molar-refractivity contribution in [2.45, 2.75) is 0 Å². The number of aryl methyl sites for hydroxylation is 1. The molecule has 23 heavy (non-hydrogen) atoms. The van der Waals surface area contributed by atoms with Gasteiger partial charge in [0.05, 0.1) is 20.3 Å². The lowest BCUT2D eigenvalue weighted by molar-refractivity contribution is -0.499. The van der Waals surface area contributed by atoms with Gasteiger partial charge in [-0.25, -0.2) is 9.20 Å². The highest BCUT2D eigenvalue weighted by atomic mass is 16.2. The molecule has 3 rings (SSSR count). The zero-order valence-electron chi connectivity index (χ0n) is 13.3. The summed E-state index contributed by atoms with van der Waals surface area (Å²) in [5, 5.41) is 0.343. The summed E-state index contributed by atoms with van der Waals surface area (Å²) in [6, 6.07) is 3.26. The first kappa shape index (κ1) is 14.9. The third kappa shape index (κ3) is 2.02. The minimum atomic E-state index is -0.449. The van der Waals surface area contributed by atoms with Crippen molar-refractivity contribution < 1.29 is 9.20 Å². The van der Waals surface area contributed by atoms with Gasteiger partial charge >= 0.3 is 5.69 Å². The van der Waals surface area contributed by atoms with E-state index in [0.717, 1.165) is 10.9 Å². The summed E-state index contributed by atoms with van der Waals surface area (Å²) in [4.78, 5) is 42.0. The maximum absolute atomic E-state index is 12.6. The predicted octanol–water partition coefficient (Wildman–Crippen LogP) is -0.751. The lowest BCUT2D eigenvalue weighted by atomic mass is 10.2. The molecule has 0 spiro atoms. The second kappa shape index (κ2) is 5.01. The maximum atomic E-state index is 12.6. The third-order valence-electron chi connectivity index (χ3n) is 3.82. The summed E-state index contributed by atoms with van der Waals surface area (Å²) in [5.74, 6) is 0.596. The van der Waals surface area contributed by atoms with E-state index >= 15 is 0 Å². The molecule has 8 heteroatoms. The third-order valence-corrected chi connectivity index (χ3v) is 3.82. The van der Waals surface area contributed by atoms with Crippen molar-refractivity contribution in [3.63, 3.8) is 0 Å². The summed E-state index contributed by atoms with van der Waals surface area (Å²) < 4.78 is 4.11. The van der Waals surface area contributed by atoms with Crippen LogP contribution in [0.1, 0.15) is 10.4 Å². The first-order valence-corrected chi connectivity index (χ1v) is 6.94. The average molecular weight is 314 g/mol. The van der Waals surface area contributed by atoms with Gasteiger partial charge < -0.3 is 0 Å². The SMILES string of the molecule is CN(C)c1c2c(=O)n(C)c(=O)n(C)c2nc2cc(C=O)cc[n+]12. The van der Waals surface area contributed by atoms with Gasteiger partial charge in [-0.15, -0.1) is 0 Å². The molecule has 0 unspecified atom stereocenters. The normalized spacial score (nSPS) is 11.1. The lowest BCUT2D eigenvalue weighted by Gasteiger charge is -2.13. The van der Waals surface area contributed by atoms with Crippen molar-refractivity contribution in [2.24, 2.45) is 14.1 Å². The molecule has 0 aliphatic heterocycles. The number of nitrogens with zero attached hydrogens (tertiary/aromatic N) is 5. The molecule has 0 bridgehead atoms. The van der Waals surface area contributed by atoms with Crippen LogP contribution in [0.4, 0.5) is 5.82 Å². The highest BCUT2D eigenvalue weighted by molar-refractivity contribution is 5.86. The number of pyridine rings is 1. The lowest BCUT2D eigenvalue weighted by Crippen LogP contribution is -2.41. The topological polar surface area (TPSA) is 81.3 Å². The Morgan fingerprint density at radius 2 is 1.91 bits per heavy atom. The molecule has 0 saturated heterocycles. The molecule has 8 nitrogen and oxygen atoms in total. The summed E-state index contributed by atoms with van der Waals surface area (Å²) in [6.07, 6.45) is 2.41. The minimum absolute atomic E-state index is 0.282. The van der Waals surface area contributed by atoms with E-state index in [2.05, 4.69) is 4.98 Å². The van der Waals surface area contributed by atoms with Gasteiger partial charge in [-0.05, 0) is 6.07 Å². The van der Waals surface area contributed by atoms with Crippen LogP contribution in [0.5, 0.6) is 0 Å². The van der Waals surface area contributed by atoms with Gasteiger partial charge in [0.2, 0.25) is 11.5 Å². The van der Waals surface area contributed by atoms with E-state index in [4.69, 9.17) is 0 Å². The van der Waals surface area contributed by atoms with E-state index in [1.807, 2.05) is 0 Å². The number of aromatic nitrogens is 4. The molecule has 0 amide bonds. The summed E-state index contributed by atoms with van der Waals surface area (Å²) >= 11 is 0. The predicted molar refractivity (Wildman–Crippen MR) is 85.1 cm³/mol. The maximum Gasteiger partial charge on any atom is 0.333 e. The first-order valence-electron chi connectivity index (χ1n) is 6.94. The van der Waals surface area contributed by atoms with Gasteiger partial charge in [-0.3, -0.25) is 23.6 Å². The Morgan fingerprint density at radius 1 is 1.22 bits per heavy atom. The number of carbonyl (C=O) groups excluding carboxylic acids is 1. The van der Waals surface area contributed by atoms with E-state index < -0.39 is 11.2 Å². The highest BCUT2D eigenvalue weighted by Gasteiger charge is 2.24. The van der Waals surface area contributed by atoms with E-state index in [0.29, 0.717) is 22.4 Å². The summed E-state index contributed by atoms with van der Waals surface area (Å²) in [5.41, 5.74) is 0.373. The summed E-state index contributed by atoms with van der Waals surface area (Å²) in [6.45, 7) is 0. The molecular weight excluding hydrogens is 298 g/mol. The Labute approximate surface area is 130 Å². The van der Waals surface area contributed by atoms with Gasteiger partial charge in [-0.2, -0.15) is 0 Å². The van der Waals surface area contributed by atoms with Crippen LogP contribution in [0.25, 0.3) is 16.7 Å². The number of hydrogen-bond donors (Lipinski definition) is 0. The number of fused-ring (bicyclic) bond motifs is 2. The van der Waals surface area contributed by atoms with Crippen molar-refractivity contribution in [2.75, 3.05) is 19.0 Å². The fourth-order valence-electron chi connectivity index (χ4n) is 2.67. The molecule has 118 valence electrons. The molecule has 0 aliphatic rings. The van der Waals surface area contributed by atoms with Crippen molar-refractivity contribution >= 4 is 28.8 Å². The zero-order chi connectivity index (χ0) is 16.9. The Kier molecular flexibility index (Phi) is 3.24. The second-order valence-electron chi connectivity index (χ2n) is 5.54. The number of aldehydes is 1. The Hall–Kier alpha value is -3.03. The number of rotatable bonds is 2. The molecule has 0 N–H and O–H groups in total. The smallest absolute Gasteiger partial charge is 0.298 e. The van der Waals surface area contributed by atoms with Gasteiger partial charge in [0.15, 0.2) is 5.39 Å². The molecule has 0 radical (unpaired) electrons. The molecule has 3 aromatic rings. The van der Waals surface area contributed by atoms with E-state index in [1.165, 1.54) is 11.6 Å². The van der Waals surface area contributed by atoms with Crippen molar-refractivity contribution in [3.05, 3.63) is 44.7 Å². The van der Waals surface area contributed by atoms with Crippen molar-refractivity contribution in [1.82, 2.24) is 14.1 Å². The van der Waals surface area contributed by atoms with Gasteiger partial charge in [0, 0.05) is 25.7 Å². The van der Waals surface area contributed by atoms with E-state index in [1.54, 1.807) is 48.8 Å². The Bertz CT molecular complexity index is 1080. The van der Waals surface area contributed by atoms with Crippen LogP contribution in [0.15, 0.2) is 27.9 Å². The van der Waals surface area contributed by atoms with Crippen LogP contribution < -0.4 is 20.5 Å². The van der Waals surface area contributed by atoms with Crippen LogP contribution in [0.2, 0.25) is 0 Å².